The summed E-state index contributed by atoms with van der Waals surface area (Å²) in [6.07, 6.45) is -3.17. The molecule has 0 aliphatic heterocycles. The molecule has 0 amide bonds. The molecule has 0 saturated heterocycles. The van der Waals surface area contributed by atoms with E-state index in [4.69, 9.17) is 0 Å². The lowest BCUT2D eigenvalue weighted by atomic mass is 10.2. The van der Waals surface area contributed by atoms with E-state index in [2.05, 4.69) is 10.4 Å². The maximum Gasteiger partial charge on any atom is 0.408 e. The third-order valence-corrected chi connectivity index (χ3v) is 2.07. The second kappa shape index (κ2) is 4.65. The molecule has 7 heteroatoms. The number of carbonyl (C=O) groups excluding carboxylic acids is 1. The van der Waals surface area contributed by atoms with Gasteiger partial charge in [-0.25, -0.2) is 0 Å². The van der Waals surface area contributed by atoms with Gasteiger partial charge in [0.15, 0.2) is 5.78 Å². The lowest BCUT2D eigenvalue weighted by Crippen LogP contribution is -2.21. The number of Topliss-reactive ketones (excluding diaryl/α,β-unsaturated/α-hetero) is 1. The first kappa shape index (κ1) is 12.7. The van der Waals surface area contributed by atoms with Crippen molar-refractivity contribution in [2.24, 2.45) is 0 Å². The molecule has 0 radical (unpaired) electrons. The van der Waals surface area contributed by atoms with E-state index in [1.807, 2.05) is 0 Å². The number of aromatic nitrogens is 2. The van der Waals surface area contributed by atoms with Crippen molar-refractivity contribution in [3.05, 3.63) is 17.5 Å². The lowest BCUT2D eigenvalue weighted by Gasteiger charge is -2.08. The second-order valence-electron chi connectivity index (χ2n) is 3.37. The molecule has 1 heterocycles. The Labute approximate surface area is 90.4 Å². The molecule has 0 bridgehead atoms. The molecule has 0 spiro atoms. The van der Waals surface area contributed by atoms with Crippen molar-refractivity contribution in [2.75, 3.05) is 13.6 Å². The fourth-order valence-corrected chi connectivity index (χ4v) is 1.31. The van der Waals surface area contributed by atoms with Gasteiger partial charge in [0.1, 0.15) is 6.54 Å². The van der Waals surface area contributed by atoms with Crippen LogP contribution in [0.15, 0.2) is 6.20 Å². The smallest absolute Gasteiger partial charge is 0.313 e. The van der Waals surface area contributed by atoms with E-state index in [0.717, 1.165) is 4.68 Å². The van der Waals surface area contributed by atoms with Crippen LogP contribution in [0.2, 0.25) is 0 Å². The minimum atomic E-state index is -4.33. The predicted molar refractivity (Wildman–Crippen MR) is 51.3 cm³/mol. The number of ketones is 1. The molecule has 0 aromatic carbocycles. The van der Waals surface area contributed by atoms with Crippen LogP contribution < -0.4 is 5.32 Å². The summed E-state index contributed by atoms with van der Waals surface area (Å²) in [6, 6.07) is 0. The van der Waals surface area contributed by atoms with Gasteiger partial charge in [0.25, 0.3) is 0 Å². The molecule has 1 N–H and O–H groups in total. The summed E-state index contributed by atoms with van der Waals surface area (Å²) in [5, 5.41) is 6.19. The van der Waals surface area contributed by atoms with Crippen LogP contribution in [0, 0.1) is 6.92 Å². The summed E-state index contributed by atoms with van der Waals surface area (Å²) in [7, 11) is 1.59. The normalized spacial score (nSPS) is 11.8. The summed E-state index contributed by atoms with van der Waals surface area (Å²) in [5.74, 6) is -0.270. The number of halogens is 3. The van der Waals surface area contributed by atoms with Crippen LogP contribution in [0.25, 0.3) is 0 Å². The molecule has 1 aromatic heterocycles. The second-order valence-corrected chi connectivity index (χ2v) is 3.37. The highest BCUT2D eigenvalue weighted by Gasteiger charge is 2.29. The fourth-order valence-electron chi connectivity index (χ4n) is 1.31. The van der Waals surface area contributed by atoms with Crippen molar-refractivity contribution in [3.8, 4) is 0 Å². The summed E-state index contributed by atoms with van der Waals surface area (Å²) in [5.41, 5.74) is 0.455. The van der Waals surface area contributed by atoms with Gasteiger partial charge in [-0.05, 0) is 14.0 Å². The minimum absolute atomic E-state index is 0.0819. The van der Waals surface area contributed by atoms with Crippen molar-refractivity contribution < 1.29 is 18.0 Å². The molecule has 0 unspecified atom stereocenters. The zero-order valence-electron chi connectivity index (χ0n) is 8.93. The summed E-state index contributed by atoms with van der Waals surface area (Å²) in [6.45, 7) is 0.353. The third kappa shape index (κ3) is 3.06. The Morgan fingerprint density at radius 3 is 2.69 bits per heavy atom. The highest BCUT2D eigenvalue weighted by Crippen LogP contribution is 2.19. The zero-order valence-corrected chi connectivity index (χ0v) is 8.93. The summed E-state index contributed by atoms with van der Waals surface area (Å²) >= 11 is 0. The molecule has 4 nitrogen and oxygen atoms in total. The molecular weight excluding hydrogens is 223 g/mol. The van der Waals surface area contributed by atoms with Crippen LogP contribution in [-0.4, -0.2) is 35.3 Å². The van der Waals surface area contributed by atoms with E-state index >= 15 is 0 Å². The fraction of sp³-hybridized carbons (Fsp3) is 0.556. The van der Waals surface area contributed by atoms with E-state index in [1.165, 1.54) is 13.1 Å². The number of likely N-dealkylation sites (N-methyl/N-ethyl adjacent to an activating group) is 1. The Bertz CT molecular complexity index is 384. The van der Waals surface area contributed by atoms with Crippen molar-refractivity contribution in [1.82, 2.24) is 15.1 Å². The van der Waals surface area contributed by atoms with Crippen LogP contribution in [0.5, 0.6) is 0 Å². The highest BCUT2D eigenvalue weighted by atomic mass is 19.4. The van der Waals surface area contributed by atoms with Gasteiger partial charge in [-0.3, -0.25) is 9.48 Å². The van der Waals surface area contributed by atoms with Gasteiger partial charge in [-0.2, -0.15) is 18.3 Å². The van der Waals surface area contributed by atoms with Gasteiger partial charge in [-0.1, -0.05) is 0 Å². The molecule has 0 fully saturated rings. The zero-order chi connectivity index (χ0) is 12.3. The van der Waals surface area contributed by atoms with Crippen molar-refractivity contribution in [3.63, 3.8) is 0 Å². The predicted octanol–water partition coefficient (Wildman–Crippen LogP) is 1.16. The van der Waals surface area contributed by atoms with Gasteiger partial charge in [-0.15, -0.1) is 0 Å². The average molecular weight is 235 g/mol. The van der Waals surface area contributed by atoms with Crippen LogP contribution >= 0.6 is 0 Å². The topological polar surface area (TPSA) is 46.9 Å². The van der Waals surface area contributed by atoms with Gasteiger partial charge in [0, 0.05) is 5.69 Å². The van der Waals surface area contributed by atoms with Crippen LogP contribution in [0.3, 0.4) is 0 Å². The lowest BCUT2D eigenvalue weighted by molar-refractivity contribution is -0.142. The highest BCUT2D eigenvalue weighted by molar-refractivity contribution is 5.98. The Morgan fingerprint density at radius 1 is 1.56 bits per heavy atom. The Hall–Kier alpha value is -1.37. The van der Waals surface area contributed by atoms with Crippen LogP contribution in [0.4, 0.5) is 13.2 Å². The van der Waals surface area contributed by atoms with Crippen molar-refractivity contribution in [2.45, 2.75) is 19.6 Å². The standard InChI is InChI=1S/C9H12F3N3O/c1-6-7(8(16)4-13-2)3-14-15(6)5-9(10,11)12/h3,13H,4-5H2,1-2H3. The third-order valence-electron chi connectivity index (χ3n) is 2.07. The summed E-state index contributed by atoms with van der Waals surface area (Å²) < 4.78 is 37.1. The van der Waals surface area contributed by atoms with Gasteiger partial charge in [0.05, 0.1) is 18.3 Å². The number of hydrogen-bond donors (Lipinski definition) is 1. The number of hydrogen-bond acceptors (Lipinski definition) is 3. The molecule has 0 atom stereocenters. The quantitative estimate of drug-likeness (QED) is 0.796. The van der Waals surface area contributed by atoms with Crippen molar-refractivity contribution >= 4 is 5.78 Å². The molecule has 0 aliphatic rings. The number of carbonyl (C=O) groups is 1. The monoisotopic (exact) mass is 235 g/mol. The van der Waals surface area contributed by atoms with E-state index in [-0.39, 0.29) is 23.6 Å². The first-order valence-corrected chi connectivity index (χ1v) is 4.62. The van der Waals surface area contributed by atoms with Crippen molar-refractivity contribution in [1.29, 1.82) is 0 Å². The van der Waals surface area contributed by atoms with Crippen LogP contribution in [-0.2, 0) is 6.54 Å². The molecule has 0 aliphatic carbocycles. The number of nitrogens with zero attached hydrogens (tertiary/aromatic N) is 2. The maximum absolute atomic E-state index is 12.1. The SMILES string of the molecule is CNCC(=O)c1cnn(CC(F)(F)F)c1C. The van der Waals surface area contributed by atoms with E-state index in [0.29, 0.717) is 0 Å². The number of rotatable bonds is 4. The summed E-state index contributed by atoms with van der Waals surface area (Å²) in [4.78, 5) is 11.4. The molecular formula is C9H12F3N3O. The number of alkyl halides is 3. The molecule has 1 rings (SSSR count). The number of nitrogens with one attached hydrogen (secondary N) is 1. The maximum atomic E-state index is 12.1. The van der Waals surface area contributed by atoms with Gasteiger partial charge < -0.3 is 5.32 Å². The van der Waals surface area contributed by atoms with Crippen LogP contribution in [0.1, 0.15) is 16.1 Å². The average Bonchev–Trinajstić information content (AvgIpc) is 2.46. The minimum Gasteiger partial charge on any atom is -0.313 e. The van der Waals surface area contributed by atoms with Gasteiger partial charge >= 0.3 is 6.18 Å². The Morgan fingerprint density at radius 2 is 2.19 bits per heavy atom. The first-order valence-electron chi connectivity index (χ1n) is 4.62. The van der Waals surface area contributed by atoms with E-state index in [1.54, 1.807) is 7.05 Å². The molecule has 90 valence electrons. The van der Waals surface area contributed by atoms with E-state index in [9.17, 15) is 18.0 Å². The largest absolute Gasteiger partial charge is 0.408 e. The molecule has 0 saturated carbocycles. The van der Waals surface area contributed by atoms with Gasteiger partial charge in [0.2, 0.25) is 0 Å². The first-order chi connectivity index (χ1) is 7.35. The molecule has 1 aromatic rings. The Balaban J connectivity index is 2.88. The molecule has 16 heavy (non-hydrogen) atoms. The Kier molecular flexibility index (Phi) is 3.69. The van der Waals surface area contributed by atoms with E-state index < -0.39 is 12.7 Å².